The van der Waals surface area contributed by atoms with Crippen LogP contribution >= 0.6 is 0 Å². The lowest BCUT2D eigenvalue weighted by Crippen LogP contribution is -2.54. The molecule has 0 saturated carbocycles. The van der Waals surface area contributed by atoms with Crippen molar-refractivity contribution in [3.05, 3.63) is 61.8 Å². The maximum atomic E-state index is 13.7. The molecule has 0 radical (unpaired) electrons. The Morgan fingerprint density at radius 1 is 1.21 bits per heavy atom. The molecule has 0 spiro atoms. The maximum Gasteiger partial charge on any atom is 0.354 e. The van der Waals surface area contributed by atoms with E-state index in [1.54, 1.807) is 27.9 Å². The van der Waals surface area contributed by atoms with Gasteiger partial charge in [0.05, 0.1) is 43.4 Å². The summed E-state index contributed by atoms with van der Waals surface area (Å²) in [6.07, 6.45) is 9.41. The third-order valence-electron chi connectivity index (χ3n) is 6.35. The number of carbonyl (C=O) groups is 1. The smallest absolute Gasteiger partial charge is 0.354 e. The molecule has 39 heavy (non-hydrogen) atoms. The lowest BCUT2D eigenvalue weighted by atomic mass is 10.0. The minimum atomic E-state index is -0.731. The van der Waals surface area contributed by atoms with Crippen molar-refractivity contribution in [1.82, 2.24) is 9.24 Å². The van der Waals surface area contributed by atoms with Crippen LogP contribution in [0.3, 0.4) is 0 Å². The van der Waals surface area contributed by atoms with Gasteiger partial charge in [0.1, 0.15) is 23.7 Å². The molecule has 1 fully saturated rings. The molecule has 1 saturated heterocycles. The number of hydrogen-bond acceptors (Lipinski definition) is 8. The van der Waals surface area contributed by atoms with Crippen molar-refractivity contribution in [3.8, 4) is 0 Å². The summed E-state index contributed by atoms with van der Waals surface area (Å²) in [6.45, 7) is 9.78. The van der Waals surface area contributed by atoms with Crippen LogP contribution in [-0.2, 0) is 23.8 Å². The molecule has 0 N–H and O–H groups in total. The summed E-state index contributed by atoms with van der Waals surface area (Å²) in [5.41, 5.74) is -0.348. The van der Waals surface area contributed by atoms with Crippen molar-refractivity contribution in [3.63, 3.8) is 0 Å². The van der Waals surface area contributed by atoms with Crippen LogP contribution in [0.5, 0.6) is 0 Å². The standard InChI is InChI=1S/C28H40N4O7/c1-18(2)26(33)30(6)32-27(34)23(20(5)29-39-19(3)4)16-31(28(32)35)17-25(38-21-12-14-37-15-13-21)22-10-8-9-11-24(22)36-7/h8,10,16-19,21H,9,11-15H2,1-7H3/b25-17-,29-20+. The summed E-state index contributed by atoms with van der Waals surface area (Å²) in [7, 11) is 3.00. The van der Waals surface area contributed by atoms with Crippen LogP contribution in [-0.4, -0.2) is 60.4 Å². The van der Waals surface area contributed by atoms with Gasteiger partial charge >= 0.3 is 5.69 Å². The van der Waals surface area contributed by atoms with Gasteiger partial charge in [0.25, 0.3) is 5.56 Å². The highest BCUT2D eigenvalue weighted by atomic mass is 16.6. The zero-order valence-electron chi connectivity index (χ0n) is 23.9. The van der Waals surface area contributed by atoms with Gasteiger partial charge in [-0.3, -0.25) is 14.2 Å². The predicted molar refractivity (Wildman–Crippen MR) is 149 cm³/mol. The molecular formula is C28H40N4O7. The normalized spacial score (nSPS) is 17.2. The van der Waals surface area contributed by atoms with Gasteiger partial charge < -0.3 is 19.0 Å². The summed E-state index contributed by atoms with van der Waals surface area (Å²) in [4.78, 5) is 45.5. The molecule has 2 heterocycles. The fourth-order valence-electron chi connectivity index (χ4n) is 4.21. The Balaban J connectivity index is 2.27. The molecule has 1 aromatic rings. The number of nitrogens with zero attached hydrogens (tertiary/aromatic N) is 4. The average Bonchev–Trinajstić information content (AvgIpc) is 2.92. The number of rotatable bonds is 10. The third-order valence-corrected chi connectivity index (χ3v) is 6.35. The molecule has 1 amide bonds. The highest BCUT2D eigenvalue weighted by Gasteiger charge is 2.25. The Labute approximate surface area is 228 Å². The fourth-order valence-corrected chi connectivity index (χ4v) is 4.21. The lowest BCUT2D eigenvalue weighted by Gasteiger charge is -2.27. The van der Waals surface area contributed by atoms with Crippen molar-refractivity contribution < 1.29 is 23.8 Å². The van der Waals surface area contributed by atoms with Gasteiger partial charge in [-0.1, -0.05) is 31.2 Å². The molecule has 1 aliphatic carbocycles. The van der Waals surface area contributed by atoms with Gasteiger partial charge in [-0.05, 0) is 27.2 Å². The Morgan fingerprint density at radius 2 is 1.90 bits per heavy atom. The van der Waals surface area contributed by atoms with Crippen molar-refractivity contribution in [2.75, 3.05) is 32.4 Å². The molecule has 0 atom stereocenters. The van der Waals surface area contributed by atoms with Crippen LogP contribution in [0, 0.1) is 5.92 Å². The first kappa shape index (κ1) is 29.9. The summed E-state index contributed by atoms with van der Waals surface area (Å²) in [5.74, 6) is 0.307. The van der Waals surface area contributed by atoms with E-state index >= 15 is 0 Å². The average molecular weight is 545 g/mol. The van der Waals surface area contributed by atoms with Gasteiger partial charge in [-0.15, -0.1) is 0 Å². The number of aromatic nitrogens is 2. The molecule has 1 aromatic heterocycles. The third kappa shape index (κ3) is 7.29. The van der Waals surface area contributed by atoms with E-state index in [1.165, 1.54) is 24.0 Å². The number of methoxy groups -OCH3 is 1. The van der Waals surface area contributed by atoms with Crippen molar-refractivity contribution in [1.29, 1.82) is 0 Å². The second kappa shape index (κ2) is 13.5. The van der Waals surface area contributed by atoms with E-state index in [1.807, 2.05) is 26.0 Å². The Bertz CT molecular complexity index is 1280. The van der Waals surface area contributed by atoms with Gasteiger partial charge in [0.2, 0.25) is 5.91 Å². The first-order chi connectivity index (χ1) is 18.5. The zero-order chi connectivity index (χ0) is 28.7. The quantitative estimate of drug-likeness (QED) is 0.253. The largest absolute Gasteiger partial charge is 0.500 e. The first-order valence-electron chi connectivity index (χ1n) is 13.3. The maximum absolute atomic E-state index is 13.7. The van der Waals surface area contributed by atoms with E-state index in [0.29, 0.717) is 43.8 Å². The summed E-state index contributed by atoms with van der Waals surface area (Å²) in [5, 5.41) is 5.11. The van der Waals surface area contributed by atoms with Gasteiger partial charge in [-0.2, -0.15) is 4.68 Å². The van der Waals surface area contributed by atoms with E-state index in [4.69, 9.17) is 19.0 Å². The van der Waals surface area contributed by atoms with Crippen molar-refractivity contribution in [2.45, 2.75) is 72.5 Å². The molecule has 2 aliphatic rings. The van der Waals surface area contributed by atoms with E-state index in [2.05, 4.69) is 5.16 Å². The number of hydrogen-bond donors (Lipinski definition) is 0. The molecule has 11 nitrogen and oxygen atoms in total. The minimum Gasteiger partial charge on any atom is -0.500 e. The zero-order valence-corrected chi connectivity index (χ0v) is 23.9. The Kier molecular flexibility index (Phi) is 10.3. The van der Waals surface area contributed by atoms with E-state index in [-0.39, 0.29) is 23.5 Å². The molecule has 0 aromatic carbocycles. The number of carbonyl (C=O) groups excluding carboxylic acids is 1. The van der Waals surface area contributed by atoms with E-state index in [0.717, 1.165) is 21.9 Å². The topological polar surface area (TPSA) is 114 Å². The van der Waals surface area contributed by atoms with E-state index in [9.17, 15) is 14.4 Å². The molecule has 3 rings (SSSR count). The Hall–Kier alpha value is -3.60. The monoisotopic (exact) mass is 544 g/mol. The fraction of sp³-hybridized carbons (Fsp3) is 0.571. The molecule has 214 valence electrons. The van der Waals surface area contributed by atoms with Crippen molar-refractivity contribution >= 4 is 17.8 Å². The molecular weight excluding hydrogens is 504 g/mol. The first-order valence-corrected chi connectivity index (χ1v) is 13.3. The van der Waals surface area contributed by atoms with Crippen molar-refractivity contribution in [2.24, 2.45) is 11.1 Å². The molecule has 0 unspecified atom stereocenters. The number of ether oxygens (including phenoxy) is 3. The lowest BCUT2D eigenvalue weighted by molar-refractivity contribution is -0.122. The van der Waals surface area contributed by atoms with Crippen LogP contribution in [0.4, 0.5) is 0 Å². The molecule has 0 bridgehead atoms. The highest BCUT2D eigenvalue weighted by Crippen LogP contribution is 2.29. The van der Waals surface area contributed by atoms with Crippen LogP contribution in [0.15, 0.2) is 50.2 Å². The van der Waals surface area contributed by atoms with Gasteiger partial charge in [0.15, 0.2) is 0 Å². The SMILES string of the molecule is COC1=C(/C(=C/n2cc(/C(C)=N/OC(C)C)c(=O)n(N(C)C(=O)C(C)C)c2=O)OC2CCOCC2)C=CCC1. The number of oxime groups is 1. The van der Waals surface area contributed by atoms with Crippen LogP contribution in [0.2, 0.25) is 0 Å². The Morgan fingerprint density at radius 3 is 2.51 bits per heavy atom. The summed E-state index contributed by atoms with van der Waals surface area (Å²) in [6, 6.07) is 0. The highest BCUT2D eigenvalue weighted by molar-refractivity contribution is 5.98. The van der Waals surface area contributed by atoms with Crippen LogP contribution in [0.1, 0.15) is 65.9 Å². The molecule has 11 heteroatoms. The summed E-state index contributed by atoms with van der Waals surface area (Å²) >= 11 is 0. The second-order valence-electron chi connectivity index (χ2n) is 10.1. The summed E-state index contributed by atoms with van der Waals surface area (Å²) < 4.78 is 19.6. The van der Waals surface area contributed by atoms with Gasteiger partial charge in [0, 0.05) is 38.4 Å². The predicted octanol–water partition coefficient (Wildman–Crippen LogP) is 3.15. The van der Waals surface area contributed by atoms with Crippen LogP contribution in [0.25, 0.3) is 6.20 Å². The second-order valence-corrected chi connectivity index (χ2v) is 10.1. The number of amides is 1. The van der Waals surface area contributed by atoms with E-state index < -0.39 is 23.1 Å². The minimum absolute atomic E-state index is 0.0976. The van der Waals surface area contributed by atoms with Gasteiger partial charge in [-0.25, -0.2) is 9.80 Å². The molecule has 1 aliphatic heterocycles. The number of allylic oxidation sites excluding steroid dienone is 3. The van der Waals surface area contributed by atoms with Crippen LogP contribution < -0.4 is 16.3 Å².